The molecule has 1 amide bonds. The summed E-state index contributed by atoms with van der Waals surface area (Å²) in [6.45, 7) is 0.276. The highest BCUT2D eigenvalue weighted by Crippen LogP contribution is 2.35. The molecule has 1 aromatic carbocycles. The number of amides is 1. The molecule has 0 radical (unpaired) electrons. The maximum atomic E-state index is 13.1. The molecule has 3 rings (SSSR count). The van der Waals surface area contributed by atoms with Gasteiger partial charge in [0.15, 0.2) is 0 Å². The number of halogens is 4. The van der Waals surface area contributed by atoms with Crippen molar-refractivity contribution in [3.05, 3.63) is 50.9 Å². The zero-order chi connectivity index (χ0) is 19.1. The number of carboxylic acid groups (broad SMARTS) is 1. The number of hydrogen-bond acceptors (Lipinski definition) is 3. The number of aromatic nitrogens is 2. The van der Waals surface area contributed by atoms with Gasteiger partial charge < -0.3 is 10.4 Å². The van der Waals surface area contributed by atoms with Crippen molar-refractivity contribution in [3.8, 4) is 0 Å². The van der Waals surface area contributed by atoms with E-state index in [4.69, 9.17) is 0 Å². The second kappa shape index (κ2) is 6.89. The largest absolute Gasteiger partial charge is 0.478 e. The van der Waals surface area contributed by atoms with Gasteiger partial charge in [-0.15, -0.1) is 0 Å². The normalized spacial score (nSPS) is 18.6. The first-order valence-corrected chi connectivity index (χ1v) is 8.66. The Bertz CT molecular complexity index is 866. The van der Waals surface area contributed by atoms with Gasteiger partial charge in [0, 0.05) is 25.1 Å². The van der Waals surface area contributed by atoms with Crippen LogP contribution in [-0.4, -0.2) is 33.3 Å². The highest BCUT2D eigenvalue weighted by molar-refractivity contribution is 14.1. The molecule has 0 saturated carbocycles. The highest BCUT2D eigenvalue weighted by Gasteiger charge is 2.36. The van der Waals surface area contributed by atoms with E-state index in [1.54, 1.807) is 22.6 Å². The summed E-state index contributed by atoms with van der Waals surface area (Å²) < 4.78 is 40.8. The van der Waals surface area contributed by atoms with Gasteiger partial charge in [0.1, 0.15) is 9.26 Å². The lowest BCUT2D eigenvalue weighted by atomic mass is 9.91. The van der Waals surface area contributed by atoms with Gasteiger partial charge in [0.05, 0.1) is 11.6 Å². The van der Waals surface area contributed by atoms with Gasteiger partial charge in [-0.1, -0.05) is 12.1 Å². The Hall–Kier alpha value is -2.11. The van der Waals surface area contributed by atoms with E-state index in [0.29, 0.717) is 5.56 Å². The third-order valence-corrected chi connectivity index (χ3v) is 5.01. The highest BCUT2D eigenvalue weighted by atomic mass is 127. The van der Waals surface area contributed by atoms with Crippen LogP contribution in [0.1, 0.15) is 33.9 Å². The van der Waals surface area contributed by atoms with Crippen LogP contribution in [0.4, 0.5) is 13.2 Å². The van der Waals surface area contributed by atoms with E-state index in [0.717, 1.165) is 12.1 Å². The number of nitrogens with one attached hydrogen (secondary N) is 1. The van der Waals surface area contributed by atoms with E-state index >= 15 is 0 Å². The summed E-state index contributed by atoms with van der Waals surface area (Å²) in [5, 5.41) is 16.0. The third kappa shape index (κ3) is 3.69. The van der Waals surface area contributed by atoms with E-state index in [9.17, 15) is 27.9 Å². The number of aromatic carboxylic acids is 1. The molecule has 2 atom stereocenters. The maximum Gasteiger partial charge on any atom is 0.416 e. The molecule has 2 N–H and O–H groups in total. The Labute approximate surface area is 159 Å². The Kier molecular flexibility index (Phi) is 4.95. The summed E-state index contributed by atoms with van der Waals surface area (Å²) in [6, 6.07) is 4.11. The van der Waals surface area contributed by atoms with Gasteiger partial charge in [-0.3, -0.25) is 9.48 Å². The Morgan fingerprint density at radius 3 is 2.69 bits per heavy atom. The molecule has 138 valence electrons. The van der Waals surface area contributed by atoms with E-state index in [1.165, 1.54) is 23.0 Å². The molecule has 0 spiro atoms. The van der Waals surface area contributed by atoms with Crippen molar-refractivity contribution in [3.63, 3.8) is 0 Å². The fourth-order valence-electron chi connectivity index (χ4n) is 3.05. The van der Waals surface area contributed by atoms with Gasteiger partial charge in [-0.2, -0.15) is 18.3 Å². The molecule has 2 unspecified atom stereocenters. The Balaban J connectivity index is 2.09. The minimum atomic E-state index is -4.50. The van der Waals surface area contributed by atoms with Crippen molar-refractivity contribution >= 4 is 34.5 Å². The lowest BCUT2D eigenvalue weighted by molar-refractivity contribution is -0.137. The molecule has 1 aromatic heterocycles. The number of carboxylic acids is 1. The predicted octanol–water partition coefficient (Wildman–Crippen LogP) is 2.93. The van der Waals surface area contributed by atoms with Crippen molar-refractivity contribution in [2.75, 3.05) is 6.54 Å². The number of nitrogens with zero attached hydrogens (tertiary/aromatic N) is 2. The van der Waals surface area contributed by atoms with Gasteiger partial charge in [-0.05, 0) is 40.3 Å². The summed E-state index contributed by atoms with van der Waals surface area (Å²) in [6.07, 6.45) is -3.09. The van der Waals surface area contributed by atoms with Crippen molar-refractivity contribution < 1.29 is 27.9 Å². The van der Waals surface area contributed by atoms with Gasteiger partial charge in [0.2, 0.25) is 5.91 Å². The molecule has 6 nitrogen and oxygen atoms in total. The first-order valence-electron chi connectivity index (χ1n) is 7.58. The Morgan fingerprint density at radius 2 is 2.15 bits per heavy atom. The fraction of sp³-hybridized carbons (Fsp3) is 0.312. The van der Waals surface area contributed by atoms with E-state index in [1.807, 2.05) is 0 Å². The quantitative estimate of drug-likeness (QED) is 0.661. The van der Waals surface area contributed by atoms with Crippen LogP contribution >= 0.6 is 22.6 Å². The van der Waals surface area contributed by atoms with Crippen LogP contribution in [0.25, 0.3) is 0 Å². The summed E-state index contributed by atoms with van der Waals surface area (Å²) in [5.41, 5.74) is -0.533. The zero-order valence-electron chi connectivity index (χ0n) is 13.1. The SMILES string of the molecule is O=C1CC(C(c2cccc(C(F)(F)F)c2)n2cc(C(=O)O)c(I)n2)CN1. The van der Waals surface area contributed by atoms with Crippen molar-refractivity contribution in [2.45, 2.75) is 18.6 Å². The van der Waals surface area contributed by atoms with Gasteiger partial charge >= 0.3 is 12.1 Å². The monoisotopic (exact) mass is 479 g/mol. The number of carbonyl (C=O) groups is 2. The molecule has 2 heterocycles. The van der Waals surface area contributed by atoms with E-state index in [-0.39, 0.29) is 34.1 Å². The molecule has 0 aliphatic carbocycles. The molecule has 1 saturated heterocycles. The predicted molar refractivity (Wildman–Crippen MR) is 92.6 cm³/mol. The standard InChI is InChI=1S/C16H13F3IN3O3/c17-16(18,19)10-3-1-2-8(4-10)13(9-5-12(24)21-6-9)23-7-11(15(25)26)14(20)22-23/h1-4,7,9,13H,5-6H2,(H,21,24)(H,25,26). The van der Waals surface area contributed by atoms with Crippen LogP contribution in [-0.2, 0) is 11.0 Å². The lowest BCUT2D eigenvalue weighted by Crippen LogP contribution is -2.24. The molecule has 26 heavy (non-hydrogen) atoms. The molecule has 1 aliphatic heterocycles. The van der Waals surface area contributed by atoms with Crippen LogP contribution in [0.3, 0.4) is 0 Å². The zero-order valence-corrected chi connectivity index (χ0v) is 15.3. The van der Waals surface area contributed by atoms with E-state index < -0.39 is 23.8 Å². The lowest BCUT2D eigenvalue weighted by Gasteiger charge is -2.24. The fourth-order valence-corrected chi connectivity index (χ4v) is 3.67. The minimum Gasteiger partial charge on any atom is -0.478 e. The summed E-state index contributed by atoms with van der Waals surface area (Å²) >= 11 is 1.76. The maximum absolute atomic E-state index is 13.1. The summed E-state index contributed by atoms with van der Waals surface area (Å²) in [7, 11) is 0. The molecular formula is C16H13F3IN3O3. The first kappa shape index (κ1) is 18.7. The van der Waals surface area contributed by atoms with Crippen molar-refractivity contribution in [2.24, 2.45) is 5.92 Å². The average Bonchev–Trinajstić information content (AvgIpc) is 3.14. The number of alkyl halides is 3. The number of benzene rings is 1. The van der Waals surface area contributed by atoms with Crippen LogP contribution in [0.5, 0.6) is 0 Å². The van der Waals surface area contributed by atoms with E-state index in [2.05, 4.69) is 10.4 Å². The number of hydrogen-bond donors (Lipinski definition) is 2. The summed E-state index contributed by atoms with van der Waals surface area (Å²) in [5.74, 6) is -1.72. The van der Waals surface area contributed by atoms with Crippen LogP contribution < -0.4 is 5.32 Å². The molecular weight excluding hydrogens is 466 g/mol. The molecule has 1 aliphatic rings. The second-order valence-electron chi connectivity index (χ2n) is 5.96. The molecule has 0 bridgehead atoms. The number of rotatable bonds is 4. The summed E-state index contributed by atoms with van der Waals surface area (Å²) in [4.78, 5) is 22.9. The second-order valence-corrected chi connectivity index (χ2v) is 6.98. The third-order valence-electron chi connectivity index (χ3n) is 4.21. The minimum absolute atomic E-state index is 0.0418. The van der Waals surface area contributed by atoms with Crippen molar-refractivity contribution in [1.82, 2.24) is 15.1 Å². The average molecular weight is 479 g/mol. The van der Waals surface area contributed by atoms with Crippen LogP contribution in [0.2, 0.25) is 0 Å². The topological polar surface area (TPSA) is 84.2 Å². The Morgan fingerprint density at radius 1 is 1.42 bits per heavy atom. The number of carbonyl (C=O) groups excluding carboxylic acids is 1. The van der Waals surface area contributed by atoms with Crippen LogP contribution in [0.15, 0.2) is 30.5 Å². The molecule has 1 fully saturated rings. The molecule has 2 aromatic rings. The van der Waals surface area contributed by atoms with Gasteiger partial charge in [-0.25, -0.2) is 4.79 Å². The smallest absolute Gasteiger partial charge is 0.416 e. The van der Waals surface area contributed by atoms with Gasteiger partial charge in [0.25, 0.3) is 0 Å². The first-order chi connectivity index (χ1) is 12.2. The van der Waals surface area contributed by atoms with Crippen LogP contribution in [0, 0.1) is 9.62 Å². The molecule has 10 heteroatoms. The van der Waals surface area contributed by atoms with Crippen molar-refractivity contribution in [1.29, 1.82) is 0 Å².